The number of ether oxygens (including phenoxy) is 2. The van der Waals surface area contributed by atoms with Crippen molar-refractivity contribution in [3.8, 4) is 11.5 Å². The van der Waals surface area contributed by atoms with Crippen LogP contribution in [0, 0.1) is 12.8 Å². The van der Waals surface area contributed by atoms with Gasteiger partial charge in [0.15, 0.2) is 0 Å². The highest BCUT2D eigenvalue weighted by Crippen LogP contribution is 2.28. The summed E-state index contributed by atoms with van der Waals surface area (Å²) in [5.41, 5.74) is 5.94. The first-order valence-electron chi connectivity index (χ1n) is 11.3. The molecule has 0 aliphatic carbocycles. The number of aliphatic hydroxyl groups is 1. The van der Waals surface area contributed by atoms with Crippen LogP contribution in [0.15, 0.2) is 78.9 Å². The van der Waals surface area contributed by atoms with Crippen molar-refractivity contribution >= 4 is 16.8 Å². The monoisotopic (exact) mass is 472 g/mol. The molecule has 1 aromatic heterocycles. The van der Waals surface area contributed by atoms with Crippen molar-refractivity contribution in [2.75, 3.05) is 7.11 Å². The summed E-state index contributed by atoms with van der Waals surface area (Å²) in [5.74, 6) is -0.208. The average molecular weight is 473 g/mol. The van der Waals surface area contributed by atoms with Gasteiger partial charge in [-0.1, -0.05) is 42.5 Å². The van der Waals surface area contributed by atoms with E-state index in [1.807, 2.05) is 49.4 Å². The van der Waals surface area contributed by atoms with Gasteiger partial charge >= 0.3 is 0 Å². The minimum absolute atomic E-state index is 0.240. The van der Waals surface area contributed by atoms with E-state index >= 15 is 0 Å². The van der Waals surface area contributed by atoms with E-state index in [2.05, 4.69) is 4.98 Å². The highest BCUT2D eigenvalue weighted by molar-refractivity contribution is 5.82. The quantitative estimate of drug-likeness (QED) is 0.244. The number of hydrogen-bond acceptors (Lipinski definition) is 6. The van der Waals surface area contributed by atoms with Crippen molar-refractivity contribution in [1.29, 1.82) is 0 Å². The summed E-state index contributed by atoms with van der Waals surface area (Å²) in [6, 6.07) is 24.1. The number of benzene rings is 3. The van der Waals surface area contributed by atoms with Crippen molar-refractivity contribution in [3.05, 3.63) is 101 Å². The highest BCUT2D eigenvalue weighted by atomic mass is 16.5. The van der Waals surface area contributed by atoms with Crippen molar-refractivity contribution < 1.29 is 24.6 Å². The maximum atomic E-state index is 12.3. The van der Waals surface area contributed by atoms with Gasteiger partial charge in [0.25, 0.3) is 0 Å². The second-order valence-corrected chi connectivity index (χ2v) is 8.38. The first kappa shape index (κ1) is 24.2. The van der Waals surface area contributed by atoms with Crippen LogP contribution in [0.4, 0.5) is 0 Å². The Morgan fingerprint density at radius 1 is 1.00 bits per heavy atom. The molecule has 0 spiro atoms. The number of carbonyl (C=O) groups is 1. The Kier molecular flexibility index (Phi) is 7.60. The molecule has 7 nitrogen and oxygen atoms in total. The molecule has 4 rings (SSSR count). The molecule has 3 aromatic carbocycles. The molecule has 0 aliphatic heterocycles. The van der Waals surface area contributed by atoms with Crippen LogP contribution in [0.3, 0.4) is 0 Å². The number of aliphatic hydroxyl groups excluding tert-OH is 1. The summed E-state index contributed by atoms with van der Waals surface area (Å²) >= 11 is 0. The van der Waals surface area contributed by atoms with Gasteiger partial charge in [-0.15, -0.1) is 0 Å². The largest absolute Gasteiger partial charge is 0.497 e. The molecular formula is C28H28N2O5. The van der Waals surface area contributed by atoms with Crippen LogP contribution in [-0.2, 0) is 17.8 Å². The summed E-state index contributed by atoms with van der Waals surface area (Å²) < 4.78 is 11.2. The van der Waals surface area contributed by atoms with Crippen LogP contribution in [0.2, 0.25) is 0 Å². The number of nitrogens with zero attached hydrogens (tertiary/aromatic N) is 1. The smallest absolute Gasteiger partial charge is 0.249 e. The number of para-hydroxylation sites is 1. The van der Waals surface area contributed by atoms with Gasteiger partial charge < -0.3 is 14.6 Å². The maximum Gasteiger partial charge on any atom is 0.249 e. The molecule has 0 bridgehead atoms. The van der Waals surface area contributed by atoms with Crippen molar-refractivity contribution in [2.24, 2.45) is 5.92 Å². The molecule has 1 heterocycles. The van der Waals surface area contributed by atoms with Gasteiger partial charge in [0.1, 0.15) is 18.1 Å². The predicted octanol–water partition coefficient (Wildman–Crippen LogP) is 4.53. The fraction of sp³-hybridized carbons (Fsp3) is 0.214. The highest BCUT2D eigenvalue weighted by Gasteiger charge is 2.28. The number of nitrogens with one attached hydrogen (secondary N) is 1. The molecule has 2 unspecified atom stereocenters. The van der Waals surface area contributed by atoms with E-state index in [9.17, 15) is 15.1 Å². The molecule has 4 aromatic rings. The molecule has 2 atom stereocenters. The SMILES string of the molecule is COc1ccc(CC(C(=O)NO)C(O)c2ccc(OCc3cc(C)nc4ccccc34)cc2)cc1. The second kappa shape index (κ2) is 11.0. The van der Waals surface area contributed by atoms with Crippen molar-refractivity contribution in [2.45, 2.75) is 26.1 Å². The van der Waals surface area contributed by atoms with Crippen LogP contribution in [-0.4, -0.2) is 28.3 Å². The molecule has 7 heteroatoms. The Morgan fingerprint density at radius 3 is 2.37 bits per heavy atom. The third-order valence-electron chi connectivity index (χ3n) is 5.99. The fourth-order valence-corrected chi connectivity index (χ4v) is 4.12. The number of aromatic nitrogens is 1. The lowest BCUT2D eigenvalue weighted by atomic mass is 9.89. The number of hydroxylamine groups is 1. The van der Waals surface area contributed by atoms with Gasteiger partial charge in [-0.2, -0.15) is 0 Å². The number of carbonyl (C=O) groups excluding carboxylic acids is 1. The summed E-state index contributed by atoms with van der Waals surface area (Å²) in [7, 11) is 1.58. The molecular weight excluding hydrogens is 444 g/mol. The lowest BCUT2D eigenvalue weighted by Gasteiger charge is -2.22. The topological polar surface area (TPSA) is 101 Å². The summed E-state index contributed by atoms with van der Waals surface area (Å²) in [5, 5.41) is 21.2. The van der Waals surface area contributed by atoms with E-state index in [0.717, 1.165) is 27.7 Å². The number of methoxy groups -OCH3 is 1. The lowest BCUT2D eigenvalue weighted by Crippen LogP contribution is -2.33. The Hall–Kier alpha value is -3.94. The van der Waals surface area contributed by atoms with E-state index in [-0.39, 0.29) is 6.42 Å². The number of aryl methyl sites for hydroxylation is 1. The standard InChI is InChI=1S/C28H28N2O5/c1-18-15-21(24-5-3-4-6-26(24)29-18)17-35-23-13-9-20(10-14-23)27(31)25(28(32)30-33)16-19-7-11-22(34-2)12-8-19/h3-15,25,27,31,33H,16-17H2,1-2H3,(H,30,32). The first-order chi connectivity index (χ1) is 17.0. The van der Waals surface area contributed by atoms with E-state index in [1.54, 1.807) is 49.0 Å². The number of rotatable bonds is 9. The Labute approximate surface area is 203 Å². The number of hydrogen-bond donors (Lipinski definition) is 3. The van der Waals surface area contributed by atoms with Crippen LogP contribution in [0.25, 0.3) is 10.9 Å². The molecule has 0 aliphatic rings. The van der Waals surface area contributed by atoms with Gasteiger partial charge in [-0.3, -0.25) is 15.0 Å². The van der Waals surface area contributed by atoms with E-state index in [0.29, 0.717) is 23.7 Å². The van der Waals surface area contributed by atoms with Gasteiger partial charge in [0.05, 0.1) is 24.6 Å². The maximum absolute atomic E-state index is 12.3. The third kappa shape index (κ3) is 5.77. The lowest BCUT2D eigenvalue weighted by molar-refractivity contribution is -0.137. The van der Waals surface area contributed by atoms with E-state index in [1.165, 1.54) is 0 Å². The zero-order valence-corrected chi connectivity index (χ0v) is 19.6. The van der Waals surface area contributed by atoms with E-state index in [4.69, 9.17) is 9.47 Å². The number of amides is 1. The predicted molar refractivity (Wildman–Crippen MR) is 132 cm³/mol. The van der Waals surface area contributed by atoms with Gasteiger partial charge in [-0.25, -0.2) is 5.48 Å². The summed E-state index contributed by atoms with van der Waals surface area (Å²) in [6.45, 7) is 2.33. The van der Waals surface area contributed by atoms with Crippen molar-refractivity contribution in [1.82, 2.24) is 10.5 Å². The zero-order chi connectivity index (χ0) is 24.8. The molecule has 0 radical (unpaired) electrons. The minimum atomic E-state index is -1.12. The van der Waals surface area contributed by atoms with Gasteiger partial charge in [-0.05, 0) is 60.9 Å². The molecule has 180 valence electrons. The Morgan fingerprint density at radius 2 is 1.69 bits per heavy atom. The fourth-order valence-electron chi connectivity index (χ4n) is 4.12. The third-order valence-corrected chi connectivity index (χ3v) is 5.99. The van der Waals surface area contributed by atoms with Crippen LogP contribution in [0.5, 0.6) is 11.5 Å². The molecule has 1 amide bonds. The van der Waals surface area contributed by atoms with Gasteiger partial charge in [0.2, 0.25) is 5.91 Å². The van der Waals surface area contributed by atoms with Crippen LogP contribution in [0.1, 0.15) is 28.5 Å². The molecule has 0 fully saturated rings. The normalized spacial score (nSPS) is 12.7. The molecule has 35 heavy (non-hydrogen) atoms. The van der Waals surface area contributed by atoms with Crippen LogP contribution < -0.4 is 15.0 Å². The summed E-state index contributed by atoms with van der Waals surface area (Å²) in [4.78, 5) is 16.9. The van der Waals surface area contributed by atoms with Crippen molar-refractivity contribution in [3.63, 3.8) is 0 Å². The first-order valence-corrected chi connectivity index (χ1v) is 11.3. The zero-order valence-electron chi connectivity index (χ0n) is 19.6. The number of pyridine rings is 1. The van der Waals surface area contributed by atoms with E-state index < -0.39 is 17.9 Å². The molecule has 3 N–H and O–H groups in total. The summed E-state index contributed by atoms with van der Waals surface area (Å²) in [6.07, 6.45) is -0.880. The second-order valence-electron chi connectivity index (χ2n) is 8.38. The average Bonchev–Trinajstić information content (AvgIpc) is 2.90. The van der Waals surface area contributed by atoms with Gasteiger partial charge in [0, 0.05) is 16.6 Å². The number of fused-ring (bicyclic) bond motifs is 1. The Balaban J connectivity index is 1.47. The Bertz CT molecular complexity index is 1290. The van der Waals surface area contributed by atoms with Crippen LogP contribution >= 0.6 is 0 Å². The molecule has 0 saturated heterocycles. The minimum Gasteiger partial charge on any atom is -0.497 e. The molecule has 0 saturated carbocycles.